The molecule has 178 valence electrons. The van der Waals surface area contributed by atoms with Crippen molar-refractivity contribution >= 4 is 16.9 Å². The molecule has 4 aromatic rings. The van der Waals surface area contributed by atoms with Gasteiger partial charge in [-0.1, -0.05) is 55.5 Å². The third-order valence-corrected chi connectivity index (χ3v) is 6.16. The minimum Gasteiger partial charge on any atom is -0.490 e. The van der Waals surface area contributed by atoms with Gasteiger partial charge < -0.3 is 18.8 Å². The smallest absolute Gasteiger partial charge is 0.290 e. The molecule has 0 N–H and O–H groups in total. The fraction of sp³-hybridized carbons (Fsp3) is 0.241. The van der Waals surface area contributed by atoms with Gasteiger partial charge in [-0.25, -0.2) is 0 Å². The molecule has 0 saturated carbocycles. The molecule has 1 aromatic heterocycles. The third-order valence-electron chi connectivity index (χ3n) is 6.16. The predicted molar refractivity (Wildman–Crippen MR) is 134 cm³/mol. The summed E-state index contributed by atoms with van der Waals surface area (Å²) in [6, 6.07) is 22.0. The van der Waals surface area contributed by atoms with Gasteiger partial charge in [-0.15, -0.1) is 0 Å². The lowest BCUT2D eigenvalue weighted by molar-refractivity contribution is 0.0728. The van der Waals surface area contributed by atoms with Gasteiger partial charge in [-0.05, 0) is 48.7 Å². The van der Waals surface area contributed by atoms with Gasteiger partial charge in [-0.2, -0.15) is 0 Å². The van der Waals surface area contributed by atoms with E-state index in [1.807, 2.05) is 62.4 Å². The van der Waals surface area contributed by atoms with Gasteiger partial charge in [0.05, 0.1) is 23.6 Å². The summed E-state index contributed by atoms with van der Waals surface area (Å²) in [5, 5.41) is 0.468. The molecule has 1 aliphatic heterocycles. The summed E-state index contributed by atoms with van der Waals surface area (Å²) in [7, 11) is 0. The number of rotatable bonds is 8. The first-order valence-corrected chi connectivity index (χ1v) is 11.9. The Morgan fingerprint density at radius 3 is 2.43 bits per heavy atom. The van der Waals surface area contributed by atoms with E-state index in [9.17, 15) is 9.59 Å². The van der Waals surface area contributed by atoms with Crippen LogP contribution in [0.25, 0.3) is 11.0 Å². The zero-order valence-electron chi connectivity index (χ0n) is 19.8. The van der Waals surface area contributed by atoms with Crippen LogP contribution in [0, 0.1) is 0 Å². The molecule has 3 aromatic carbocycles. The van der Waals surface area contributed by atoms with Crippen LogP contribution in [0.4, 0.5) is 0 Å². The Labute approximate surface area is 203 Å². The molecular weight excluding hydrogens is 442 g/mol. The van der Waals surface area contributed by atoms with Gasteiger partial charge in [0.15, 0.2) is 16.9 Å². The van der Waals surface area contributed by atoms with Gasteiger partial charge in [0.2, 0.25) is 5.76 Å². The van der Waals surface area contributed by atoms with Crippen LogP contribution in [0.3, 0.4) is 0 Å². The Morgan fingerprint density at radius 1 is 0.886 bits per heavy atom. The number of hydrogen-bond acceptors (Lipinski definition) is 5. The van der Waals surface area contributed by atoms with Crippen molar-refractivity contribution in [2.24, 2.45) is 0 Å². The van der Waals surface area contributed by atoms with E-state index in [0.717, 1.165) is 17.5 Å². The van der Waals surface area contributed by atoms with E-state index < -0.39 is 6.04 Å². The second-order valence-electron chi connectivity index (χ2n) is 8.48. The molecular formula is C29H27NO5. The van der Waals surface area contributed by atoms with Crippen molar-refractivity contribution in [3.63, 3.8) is 0 Å². The standard InChI is InChI=1S/C29H27NO5/c1-3-16-30-26(25-27(31)21-12-8-9-13-22(21)35-28(25)29(30)32)20-14-15-23(24(17-20)33-4-2)34-18-19-10-6-5-7-11-19/h5-15,17,26H,3-4,16,18H2,1-2H3/t26-/m1/s1. The van der Waals surface area contributed by atoms with Gasteiger partial charge in [0.1, 0.15) is 12.2 Å². The highest BCUT2D eigenvalue weighted by Crippen LogP contribution is 2.41. The zero-order valence-corrected chi connectivity index (χ0v) is 19.8. The molecule has 1 amide bonds. The summed E-state index contributed by atoms with van der Waals surface area (Å²) in [5.41, 5.74) is 2.45. The van der Waals surface area contributed by atoms with Crippen LogP contribution < -0.4 is 14.9 Å². The van der Waals surface area contributed by atoms with Crippen molar-refractivity contribution in [2.45, 2.75) is 32.9 Å². The minimum absolute atomic E-state index is 0.120. The quantitative estimate of drug-likeness (QED) is 0.330. The maximum Gasteiger partial charge on any atom is 0.290 e. The molecule has 1 atom stereocenters. The van der Waals surface area contributed by atoms with Crippen molar-refractivity contribution in [3.05, 3.63) is 105 Å². The van der Waals surface area contributed by atoms with E-state index in [1.165, 1.54) is 0 Å². The lowest BCUT2D eigenvalue weighted by atomic mass is 9.98. The van der Waals surface area contributed by atoms with Crippen LogP contribution in [-0.4, -0.2) is 24.0 Å². The number of ether oxygens (including phenoxy) is 2. The fourth-order valence-corrected chi connectivity index (χ4v) is 4.60. The van der Waals surface area contributed by atoms with Gasteiger partial charge in [0, 0.05) is 6.54 Å². The number of para-hydroxylation sites is 1. The fourth-order valence-electron chi connectivity index (χ4n) is 4.60. The number of benzene rings is 3. The molecule has 0 spiro atoms. The van der Waals surface area contributed by atoms with E-state index in [0.29, 0.717) is 47.8 Å². The Kier molecular flexibility index (Phi) is 6.27. The van der Waals surface area contributed by atoms with Crippen molar-refractivity contribution in [1.82, 2.24) is 4.90 Å². The second kappa shape index (κ2) is 9.66. The van der Waals surface area contributed by atoms with Gasteiger partial charge >= 0.3 is 0 Å². The minimum atomic E-state index is -0.555. The van der Waals surface area contributed by atoms with Crippen molar-refractivity contribution in [3.8, 4) is 11.5 Å². The van der Waals surface area contributed by atoms with E-state index in [2.05, 4.69) is 0 Å². The largest absolute Gasteiger partial charge is 0.490 e. The number of nitrogens with zero attached hydrogens (tertiary/aromatic N) is 1. The molecule has 0 saturated heterocycles. The summed E-state index contributed by atoms with van der Waals surface area (Å²) in [6.07, 6.45) is 0.751. The predicted octanol–water partition coefficient (Wildman–Crippen LogP) is 5.73. The van der Waals surface area contributed by atoms with Crippen molar-refractivity contribution in [1.29, 1.82) is 0 Å². The topological polar surface area (TPSA) is 69.0 Å². The van der Waals surface area contributed by atoms with Crippen LogP contribution in [-0.2, 0) is 6.61 Å². The van der Waals surface area contributed by atoms with E-state index in [4.69, 9.17) is 13.9 Å². The number of carbonyl (C=O) groups excluding carboxylic acids is 1. The summed E-state index contributed by atoms with van der Waals surface area (Å²) in [4.78, 5) is 28.6. The van der Waals surface area contributed by atoms with Crippen LogP contribution in [0.5, 0.6) is 11.5 Å². The van der Waals surface area contributed by atoms with E-state index in [-0.39, 0.29) is 17.1 Å². The Balaban J connectivity index is 1.58. The molecule has 0 fully saturated rings. The molecule has 1 aliphatic rings. The normalized spacial score (nSPS) is 14.9. The highest BCUT2D eigenvalue weighted by molar-refractivity contribution is 5.99. The third kappa shape index (κ3) is 4.16. The van der Waals surface area contributed by atoms with Gasteiger partial charge in [-0.3, -0.25) is 9.59 Å². The Morgan fingerprint density at radius 2 is 1.66 bits per heavy atom. The average molecular weight is 470 g/mol. The van der Waals surface area contributed by atoms with Gasteiger partial charge in [0.25, 0.3) is 5.91 Å². The van der Waals surface area contributed by atoms with Crippen molar-refractivity contribution in [2.75, 3.05) is 13.2 Å². The monoisotopic (exact) mass is 469 g/mol. The summed E-state index contributed by atoms with van der Waals surface area (Å²) < 4.78 is 17.9. The van der Waals surface area contributed by atoms with Crippen LogP contribution >= 0.6 is 0 Å². The number of carbonyl (C=O) groups is 1. The highest BCUT2D eigenvalue weighted by Gasteiger charge is 2.42. The Bertz CT molecular complexity index is 1430. The van der Waals surface area contributed by atoms with Crippen LogP contribution in [0.1, 0.15) is 53.6 Å². The average Bonchev–Trinajstić information content (AvgIpc) is 3.16. The summed E-state index contributed by atoms with van der Waals surface area (Å²) in [6.45, 7) is 5.27. The number of fused-ring (bicyclic) bond motifs is 2. The molecule has 35 heavy (non-hydrogen) atoms. The molecule has 0 unspecified atom stereocenters. The van der Waals surface area contributed by atoms with Crippen molar-refractivity contribution < 1.29 is 18.7 Å². The van der Waals surface area contributed by atoms with Crippen LogP contribution in [0.2, 0.25) is 0 Å². The summed E-state index contributed by atoms with van der Waals surface area (Å²) in [5.74, 6) is 1.03. The molecule has 2 heterocycles. The first-order chi connectivity index (χ1) is 17.1. The maximum absolute atomic E-state index is 13.5. The number of hydrogen-bond donors (Lipinski definition) is 0. The highest BCUT2D eigenvalue weighted by atomic mass is 16.5. The first-order valence-electron chi connectivity index (χ1n) is 11.9. The van der Waals surface area contributed by atoms with E-state index >= 15 is 0 Å². The molecule has 6 nitrogen and oxygen atoms in total. The van der Waals surface area contributed by atoms with E-state index in [1.54, 1.807) is 29.2 Å². The lowest BCUT2D eigenvalue weighted by Gasteiger charge is -2.25. The molecule has 0 radical (unpaired) electrons. The molecule has 0 aliphatic carbocycles. The molecule has 0 bridgehead atoms. The zero-order chi connectivity index (χ0) is 24.4. The second-order valence-corrected chi connectivity index (χ2v) is 8.48. The summed E-state index contributed by atoms with van der Waals surface area (Å²) >= 11 is 0. The molecule has 6 heteroatoms. The maximum atomic E-state index is 13.5. The Hall–Kier alpha value is -4.06. The van der Waals surface area contributed by atoms with Crippen LogP contribution in [0.15, 0.2) is 82.0 Å². The number of amides is 1. The SMILES string of the molecule is CCCN1C(=O)c2oc3ccccc3c(=O)c2[C@H]1c1ccc(OCc2ccccc2)c(OCC)c1. The first kappa shape index (κ1) is 22.7. The molecule has 5 rings (SSSR count). The lowest BCUT2D eigenvalue weighted by Crippen LogP contribution is -2.30.